The number of hydrogen-bond acceptors (Lipinski definition) is 3. The number of carbonyl (C=O) groups is 1. The maximum Gasteiger partial charge on any atom is 0.271 e. The third kappa shape index (κ3) is 2.97. The number of nitrogens with two attached hydrogens (primary N) is 1. The zero-order valence-corrected chi connectivity index (χ0v) is 9.29. The molecule has 1 aromatic rings. The predicted molar refractivity (Wildman–Crippen MR) is 59.6 cm³/mol. The van der Waals surface area contributed by atoms with Crippen LogP contribution in [0.4, 0.5) is 5.82 Å². The van der Waals surface area contributed by atoms with E-state index in [-0.39, 0.29) is 5.91 Å². The molecule has 0 aromatic carbocycles. The van der Waals surface area contributed by atoms with Crippen molar-refractivity contribution in [2.75, 3.05) is 12.3 Å². The maximum atomic E-state index is 11.6. The van der Waals surface area contributed by atoms with Gasteiger partial charge in [-0.2, -0.15) is 5.10 Å². The first-order valence-corrected chi connectivity index (χ1v) is 5.30. The Kier molecular flexibility index (Phi) is 4.15. The van der Waals surface area contributed by atoms with Gasteiger partial charge in [0.1, 0.15) is 5.82 Å². The Morgan fingerprint density at radius 1 is 1.60 bits per heavy atom. The van der Waals surface area contributed by atoms with E-state index in [2.05, 4.69) is 17.3 Å². The predicted octanol–water partition coefficient (Wildman–Crippen LogP) is 1.02. The number of aromatic nitrogens is 2. The summed E-state index contributed by atoms with van der Waals surface area (Å²) in [4.78, 5) is 11.6. The lowest BCUT2D eigenvalue weighted by Gasteiger charge is -2.00. The number of nitrogens with zero attached hydrogens (tertiary/aromatic N) is 2. The zero-order chi connectivity index (χ0) is 11.3. The molecule has 0 unspecified atom stereocenters. The minimum absolute atomic E-state index is 0.151. The van der Waals surface area contributed by atoms with Crippen LogP contribution in [0.25, 0.3) is 0 Å². The van der Waals surface area contributed by atoms with Gasteiger partial charge < -0.3 is 11.1 Å². The fourth-order valence-corrected chi connectivity index (χ4v) is 1.26. The van der Waals surface area contributed by atoms with Crippen molar-refractivity contribution in [2.45, 2.75) is 33.2 Å². The van der Waals surface area contributed by atoms with Gasteiger partial charge in [0.25, 0.3) is 5.91 Å². The van der Waals surface area contributed by atoms with Crippen molar-refractivity contribution in [3.05, 3.63) is 11.8 Å². The van der Waals surface area contributed by atoms with E-state index in [0.717, 1.165) is 12.8 Å². The summed E-state index contributed by atoms with van der Waals surface area (Å²) in [6, 6.07) is 1.60. The highest BCUT2D eigenvalue weighted by Crippen LogP contribution is 2.05. The maximum absolute atomic E-state index is 11.6. The van der Waals surface area contributed by atoms with Crippen LogP contribution in [0.2, 0.25) is 0 Å². The van der Waals surface area contributed by atoms with E-state index in [1.807, 2.05) is 6.92 Å². The quantitative estimate of drug-likeness (QED) is 0.712. The van der Waals surface area contributed by atoms with Crippen LogP contribution in [0.15, 0.2) is 6.07 Å². The van der Waals surface area contributed by atoms with Crippen LogP contribution < -0.4 is 11.1 Å². The molecule has 0 aliphatic rings. The van der Waals surface area contributed by atoms with Crippen LogP contribution in [0.1, 0.15) is 37.2 Å². The number of nitrogen functional groups attached to an aromatic ring is 1. The lowest BCUT2D eigenvalue weighted by atomic mass is 10.3. The van der Waals surface area contributed by atoms with E-state index in [0.29, 0.717) is 24.6 Å². The molecule has 1 aromatic heterocycles. The lowest BCUT2D eigenvalue weighted by Crippen LogP contribution is -2.24. The standard InChI is InChI=1S/C10H18N4O/c1-3-5-6-12-10(15)8-7-9(11)14(4-2)13-8/h7H,3-6,11H2,1-2H3,(H,12,15). The SMILES string of the molecule is CCCCNC(=O)c1cc(N)n(CC)n1. The number of hydrogen-bond donors (Lipinski definition) is 2. The molecule has 0 spiro atoms. The van der Waals surface area contributed by atoms with Gasteiger partial charge in [0.2, 0.25) is 0 Å². The number of aryl methyl sites for hydroxylation is 1. The molecule has 15 heavy (non-hydrogen) atoms. The lowest BCUT2D eigenvalue weighted by molar-refractivity contribution is 0.0947. The van der Waals surface area contributed by atoms with E-state index in [1.165, 1.54) is 0 Å². The minimum Gasteiger partial charge on any atom is -0.384 e. The number of rotatable bonds is 5. The smallest absolute Gasteiger partial charge is 0.271 e. The van der Waals surface area contributed by atoms with Crippen molar-refractivity contribution in [3.8, 4) is 0 Å². The van der Waals surface area contributed by atoms with Gasteiger partial charge in [-0.3, -0.25) is 4.79 Å². The van der Waals surface area contributed by atoms with Crippen molar-refractivity contribution in [2.24, 2.45) is 0 Å². The van der Waals surface area contributed by atoms with Gasteiger partial charge in [0, 0.05) is 19.2 Å². The Morgan fingerprint density at radius 2 is 2.33 bits per heavy atom. The average Bonchev–Trinajstić information content (AvgIpc) is 2.60. The third-order valence-electron chi connectivity index (χ3n) is 2.16. The van der Waals surface area contributed by atoms with E-state index in [9.17, 15) is 4.79 Å². The van der Waals surface area contributed by atoms with E-state index < -0.39 is 0 Å². The topological polar surface area (TPSA) is 72.9 Å². The molecule has 0 atom stereocenters. The van der Waals surface area contributed by atoms with Gasteiger partial charge in [0.05, 0.1) is 0 Å². The summed E-state index contributed by atoms with van der Waals surface area (Å²) in [6.45, 7) is 5.38. The number of unbranched alkanes of at least 4 members (excludes halogenated alkanes) is 1. The van der Waals surface area contributed by atoms with Crippen LogP contribution in [-0.4, -0.2) is 22.2 Å². The van der Waals surface area contributed by atoms with E-state index in [1.54, 1.807) is 10.7 Å². The highest BCUT2D eigenvalue weighted by atomic mass is 16.1. The Labute approximate surface area is 89.6 Å². The van der Waals surface area contributed by atoms with Gasteiger partial charge in [-0.25, -0.2) is 4.68 Å². The van der Waals surface area contributed by atoms with E-state index >= 15 is 0 Å². The molecule has 0 saturated carbocycles. The van der Waals surface area contributed by atoms with Crippen molar-refractivity contribution < 1.29 is 4.79 Å². The first-order chi connectivity index (χ1) is 7.19. The largest absolute Gasteiger partial charge is 0.384 e. The zero-order valence-electron chi connectivity index (χ0n) is 9.29. The van der Waals surface area contributed by atoms with Crippen molar-refractivity contribution >= 4 is 11.7 Å². The second-order valence-corrected chi connectivity index (χ2v) is 3.38. The van der Waals surface area contributed by atoms with Crippen LogP contribution in [0.5, 0.6) is 0 Å². The molecule has 1 rings (SSSR count). The summed E-state index contributed by atoms with van der Waals surface area (Å²) < 4.78 is 1.61. The van der Waals surface area contributed by atoms with Crippen LogP contribution in [-0.2, 0) is 6.54 Å². The number of carbonyl (C=O) groups excluding carboxylic acids is 1. The third-order valence-corrected chi connectivity index (χ3v) is 2.16. The average molecular weight is 210 g/mol. The molecule has 84 valence electrons. The molecule has 0 radical (unpaired) electrons. The summed E-state index contributed by atoms with van der Waals surface area (Å²) in [7, 11) is 0. The summed E-state index contributed by atoms with van der Waals surface area (Å²) in [5.41, 5.74) is 6.06. The molecule has 3 N–H and O–H groups in total. The van der Waals surface area contributed by atoms with Gasteiger partial charge in [-0.15, -0.1) is 0 Å². The Morgan fingerprint density at radius 3 is 2.87 bits per heavy atom. The minimum atomic E-state index is -0.151. The highest BCUT2D eigenvalue weighted by molar-refractivity contribution is 5.92. The van der Waals surface area contributed by atoms with E-state index in [4.69, 9.17) is 5.73 Å². The molecule has 0 aliphatic heterocycles. The highest BCUT2D eigenvalue weighted by Gasteiger charge is 2.10. The van der Waals surface area contributed by atoms with Crippen molar-refractivity contribution in [1.29, 1.82) is 0 Å². The Bertz CT molecular complexity index is 332. The fourth-order valence-electron chi connectivity index (χ4n) is 1.26. The molecule has 0 aliphatic carbocycles. The van der Waals surface area contributed by atoms with Gasteiger partial charge in [0.15, 0.2) is 5.69 Å². The van der Waals surface area contributed by atoms with Gasteiger partial charge in [-0.05, 0) is 13.3 Å². The molecule has 5 nitrogen and oxygen atoms in total. The molecule has 1 amide bonds. The monoisotopic (exact) mass is 210 g/mol. The molecule has 5 heteroatoms. The second-order valence-electron chi connectivity index (χ2n) is 3.38. The Balaban J connectivity index is 2.58. The summed E-state index contributed by atoms with van der Waals surface area (Å²) >= 11 is 0. The molecular weight excluding hydrogens is 192 g/mol. The second kappa shape index (κ2) is 5.38. The molecular formula is C10H18N4O. The molecule has 0 fully saturated rings. The number of anilines is 1. The van der Waals surface area contributed by atoms with Crippen LogP contribution in [0.3, 0.4) is 0 Å². The van der Waals surface area contributed by atoms with Crippen molar-refractivity contribution in [1.82, 2.24) is 15.1 Å². The normalized spacial score (nSPS) is 10.3. The van der Waals surface area contributed by atoms with Crippen LogP contribution in [0, 0.1) is 0 Å². The number of nitrogens with one attached hydrogen (secondary N) is 1. The summed E-state index contributed by atoms with van der Waals surface area (Å²) in [5, 5.41) is 6.88. The number of amides is 1. The molecule has 1 heterocycles. The first-order valence-electron chi connectivity index (χ1n) is 5.30. The van der Waals surface area contributed by atoms with Gasteiger partial charge in [-0.1, -0.05) is 13.3 Å². The van der Waals surface area contributed by atoms with Crippen LogP contribution >= 0.6 is 0 Å². The summed E-state index contributed by atoms with van der Waals surface area (Å²) in [6.07, 6.45) is 2.04. The Hall–Kier alpha value is -1.52. The van der Waals surface area contributed by atoms with Gasteiger partial charge >= 0.3 is 0 Å². The molecule has 0 saturated heterocycles. The summed E-state index contributed by atoms with van der Waals surface area (Å²) in [5.74, 6) is 0.375. The fraction of sp³-hybridized carbons (Fsp3) is 0.600. The first kappa shape index (κ1) is 11.6. The van der Waals surface area contributed by atoms with Crippen molar-refractivity contribution in [3.63, 3.8) is 0 Å². The molecule has 0 bridgehead atoms.